The lowest BCUT2D eigenvalue weighted by atomic mass is 10.2. The fourth-order valence-electron chi connectivity index (χ4n) is 1.73. The fourth-order valence-corrected chi connectivity index (χ4v) is 2.08. The van der Waals surface area contributed by atoms with Gasteiger partial charge in [0.05, 0.1) is 17.7 Å². The summed E-state index contributed by atoms with van der Waals surface area (Å²) < 4.78 is 6.65. The Balaban J connectivity index is 2.68. The maximum absolute atomic E-state index is 11.7. The molecule has 0 bridgehead atoms. The van der Waals surface area contributed by atoms with E-state index in [0.29, 0.717) is 10.9 Å². The minimum Gasteiger partial charge on any atom is -0.464 e. The summed E-state index contributed by atoms with van der Waals surface area (Å²) in [5.41, 5.74) is 0.696. The van der Waals surface area contributed by atoms with E-state index in [9.17, 15) is 9.59 Å². The average molecular weight is 312 g/mol. The lowest BCUT2D eigenvalue weighted by molar-refractivity contribution is 0.0528. The SMILES string of the molecule is CCOC(=O)c1cn(C(=O)O)c2cc(Br)ccc12. The Morgan fingerprint density at radius 2 is 2.17 bits per heavy atom. The van der Waals surface area contributed by atoms with Gasteiger partial charge < -0.3 is 9.84 Å². The second kappa shape index (κ2) is 4.81. The third-order valence-electron chi connectivity index (χ3n) is 2.47. The van der Waals surface area contributed by atoms with Crippen LogP contribution in [0.5, 0.6) is 0 Å². The number of carbonyl (C=O) groups excluding carboxylic acids is 1. The molecule has 1 heterocycles. The fraction of sp³-hybridized carbons (Fsp3) is 0.167. The van der Waals surface area contributed by atoms with Gasteiger partial charge in [-0.2, -0.15) is 0 Å². The molecule has 0 atom stereocenters. The van der Waals surface area contributed by atoms with Gasteiger partial charge in [0.1, 0.15) is 0 Å². The molecule has 6 heteroatoms. The van der Waals surface area contributed by atoms with Crippen LogP contribution in [-0.4, -0.2) is 28.3 Å². The van der Waals surface area contributed by atoms with Crippen LogP contribution in [0.2, 0.25) is 0 Å². The molecule has 0 amide bonds. The zero-order valence-corrected chi connectivity index (χ0v) is 11.1. The van der Waals surface area contributed by atoms with Crippen molar-refractivity contribution in [1.29, 1.82) is 0 Å². The van der Waals surface area contributed by atoms with E-state index in [4.69, 9.17) is 9.84 Å². The molecule has 0 aliphatic carbocycles. The average Bonchev–Trinajstić information content (AvgIpc) is 2.68. The molecular weight excluding hydrogens is 302 g/mol. The molecule has 0 aliphatic rings. The summed E-state index contributed by atoms with van der Waals surface area (Å²) >= 11 is 3.27. The minimum atomic E-state index is -1.14. The summed E-state index contributed by atoms with van der Waals surface area (Å²) in [6.07, 6.45) is 0.130. The number of esters is 1. The Morgan fingerprint density at radius 1 is 1.44 bits per heavy atom. The number of hydrogen-bond donors (Lipinski definition) is 1. The third kappa shape index (κ3) is 2.11. The van der Waals surface area contributed by atoms with Crippen LogP contribution in [0.3, 0.4) is 0 Å². The van der Waals surface area contributed by atoms with Gasteiger partial charge in [0.2, 0.25) is 0 Å². The highest BCUT2D eigenvalue weighted by molar-refractivity contribution is 9.10. The molecule has 0 fully saturated rings. The monoisotopic (exact) mass is 311 g/mol. The zero-order chi connectivity index (χ0) is 13.3. The number of aromatic nitrogens is 1. The van der Waals surface area contributed by atoms with Crippen molar-refractivity contribution in [3.63, 3.8) is 0 Å². The van der Waals surface area contributed by atoms with Crippen LogP contribution in [0.1, 0.15) is 17.3 Å². The third-order valence-corrected chi connectivity index (χ3v) is 2.96. The van der Waals surface area contributed by atoms with E-state index in [-0.39, 0.29) is 12.2 Å². The number of nitrogens with zero attached hydrogens (tertiary/aromatic N) is 1. The number of halogens is 1. The van der Waals surface area contributed by atoms with E-state index in [1.807, 2.05) is 0 Å². The van der Waals surface area contributed by atoms with Gasteiger partial charge in [-0.05, 0) is 19.1 Å². The van der Waals surface area contributed by atoms with Gasteiger partial charge in [0, 0.05) is 16.1 Å². The first kappa shape index (κ1) is 12.6. The molecule has 2 rings (SSSR count). The van der Waals surface area contributed by atoms with Crippen molar-refractivity contribution >= 4 is 38.9 Å². The van der Waals surface area contributed by atoms with Crippen molar-refractivity contribution in [1.82, 2.24) is 4.57 Å². The van der Waals surface area contributed by atoms with E-state index in [2.05, 4.69) is 15.9 Å². The lowest BCUT2D eigenvalue weighted by Gasteiger charge is -1.99. The second-order valence-electron chi connectivity index (χ2n) is 3.58. The lowest BCUT2D eigenvalue weighted by Crippen LogP contribution is -2.07. The molecule has 5 nitrogen and oxygen atoms in total. The van der Waals surface area contributed by atoms with Gasteiger partial charge >= 0.3 is 12.1 Å². The predicted molar refractivity (Wildman–Crippen MR) is 69.0 cm³/mol. The molecule has 0 saturated carbocycles. The predicted octanol–water partition coefficient (Wildman–Crippen LogP) is 3.11. The van der Waals surface area contributed by atoms with E-state index in [1.54, 1.807) is 25.1 Å². The molecule has 94 valence electrons. The molecule has 0 saturated heterocycles. The Kier molecular flexibility index (Phi) is 3.38. The number of ether oxygens (including phenoxy) is 1. The Morgan fingerprint density at radius 3 is 2.78 bits per heavy atom. The standard InChI is InChI=1S/C12H10BrNO4/c1-2-18-11(15)9-6-14(12(16)17)10-5-7(13)3-4-8(9)10/h3-6H,2H2,1H3,(H,16,17). The highest BCUT2D eigenvalue weighted by atomic mass is 79.9. The van der Waals surface area contributed by atoms with Crippen molar-refractivity contribution in [2.45, 2.75) is 6.92 Å². The topological polar surface area (TPSA) is 68.5 Å². The molecular formula is C12H10BrNO4. The number of hydrogen-bond acceptors (Lipinski definition) is 3. The number of benzene rings is 1. The van der Waals surface area contributed by atoms with Gasteiger partial charge in [-0.15, -0.1) is 0 Å². The normalized spacial score (nSPS) is 10.6. The van der Waals surface area contributed by atoms with E-state index < -0.39 is 12.1 Å². The first-order valence-electron chi connectivity index (χ1n) is 5.25. The summed E-state index contributed by atoms with van der Waals surface area (Å²) in [5.74, 6) is -0.523. The van der Waals surface area contributed by atoms with Crippen LogP contribution < -0.4 is 0 Å². The number of carboxylic acid groups (broad SMARTS) is 1. The molecule has 0 radical (unpaired) electrons. The van der Waals surface area contributed by atoms with Crippen molar-refractivity contribution in [3.05, 3.63) is 34.4 Å². The van der Waals surface area contributed by atoms with Crippen molar-refractivity contribution < 1.29 is 19.4 Å². The quantitative estimate of drug-likeness (QED) is 0.865. The first-order valence-corrected chi connectivity index (χ1v) is 6.05. The smallest absolute Gasteiger partial charge is 0.416 e. The van der Waals surface area contributed by atoms with Gasteiger partial charge in [-0.3, -0.25) is 4.57 Å². The highest BCUT2D eigenvalue weighted by Crippen LogP contribution is 2.25. The molecule has 2 aromatic rings. The van der Waals surface area contributed by atoms with E-state index in [0.717, 1.165) is 9.04 Å². The van der Waals surface area contributed by atoms with E-state index in [1.165, 1.54) is 6.20 Å². The second-order valence-corrected chi connectivity index (χ2v) is 4.49. The van der Waals surface area contributed by atoms with Crippen molar-refractivity contribution in [3.8, 4) is 0 Å². The van der Waals surface area contributed by atoms with Crippen LogP contribution in [0.15, 0.2) is 28.9 Å². The van der Waals surface area contributed by atoms with Gasteiger partial charge in [0.25, 0.3) is 0 Å². The maximum Gasteiger partial charge on any atom is 0.416 e. The molecule has 18 heavy (non-hydrogen) atoms. The molecule has 0 aliphatic heterocycles. The number of rotatable bonds is 2. The molecule has 1 aromatic heterocycles. The Labute approximate surface area is 111 Å². The van der Waals surface area contributed by atoms with Gasteiger partial charge in [0.15, 0.2) is 0 Å². The summed E-state index contributed by atoms with van der Waals surface area (Å²) in [6.45, 7) is 1.94. The molecule has 0 spiro atoms. The van der Waals surface area contributed by atoms with Crippen LogP contribution in [0, 0.1) is 0 Å². The van der Waals surface area contributed by atoms with Crippen LogP contribution in [0.4, 0.5) is 4.79 Å². The molecule has 0 unspecified atom stereocenters. The summed E-state index contributed by atoms with van der Waals surface area (Å²) in [4.78, 5) is 22.9. The summed E-state index contributed by atoms with van der Waals surface area (Å²) in [6, 6.07) is 5.08. The number of fused-ring (bicyclic) bond motifs is 1. The number of carbonyl (C=O) groups is 2. The summed E-state index contributed by atoms with van der Waals surface area (Å²) in [5, 5.41) is 9.65. The van der Waals surface area contributed by atoms with Crippen molar-refractivity contribution in [2.24, 2.45) is 0 Å². The van der Waals surface area contributed by atoms with Crippen molar-refractivity contribution in [2.75, 3.05) is 6.61 Å². The van der Waals surface area contributed by atoms with Crippen LogP contribution in [-0.2, 0) is 4.74 Å². The largest absolute Gasteiger partial charge is 0.464 e. The zero-order valence-electron chi connectivity index (χ0n) is 9.51. The van der Waals surface area contributed by atoms with Crippen LogP contribution in [0.25, 0.3) is 10.9 Å². The summed E-state index contributed by atoms with van der Waals surface area (Å²) in [7, 11) is 0. The minimum absolute atomic E-state index is 0.245. The first-order chi connectivity index (χ1) is 8.54. The highest BCUT2D eigenvalue weighted by Gasteiger charge is 2.18. The maximum atomic E-state index is 11.7. The van der Waals surface area contributed by atoms with Gasteiger partial charge in [-0.25, -0.2) is 9.59 Å². The Hall–Kier alpha value is -1.82. The van der Waals surface area contributed by atoms with Crippen LogP contribution >= 0.6 is 15.9 Å². The van der Waals surface area contributed by atoms with Gasteiger partial charge in [-0.1, -0.05) is 22.0 Å². The Bertz CT molecular complexity index is 632. The molecule has 1 N–H and O–H groups in total. The van der Waals surface area contributed by atoms with E-state index >= 15 is 0 Å². The molecule has 1 aromatic carbocycles.